The number of rotatable bonds is 4. The van der Waals surface area contributed by atoms with Crippen LogP contribution in [0.2, 0.25) is 0 Å². The number of nitrogens with zero attached hydrogens (tertiary/aromatic N) is 4. The van der Waals surface area contributed by atoms with Crippen LogP contribution in [0.25, 0.3) is 11.0 Å². The number of carbonyl (C=O) groups excluding carboxylic acids is 1. The van der Waals surface area contributed by atoms with E-state index in [4.69, 9.17) is 9.97 Å². The number of para-hydroxylation sites is 1. The number of hydrogen-bond donors (Lipinski definition) is 0. The number of hydrogen-bond acceptors (Lipinski definition) is 5. The molecule has 0 N–H and O–H groups in total. The van der Waals surface area contributed by atoms with Crippen molar-refractivity contribution in [1.82, 2.24) is 9.97 Å². The average molecular weight is 431 g/mol. The molecule has 2 aromatic carbocycles. The molecule has 2 unspecified atom stereocenters. The maximum Gasteiger partial charge on any atom is 0.271 e. The zero-order valence-corrected chi connectivity index (χ0v) is 18.8. The Hall–Kier alpha value is -3.35. The fourth-order valence-electron chi connectivity index (χ4n) is 5.96. The fraction of sp³-hybridized carbons (Fsp3) is 0.400. The first-order valence-corrected chi connectivity index (χ1v) is 11.0. The highest BCUT2D eigenvalue weighted by atomic mass is 16.6. The van der Waals surface area contributed by atoms with E-state index < -0.39 is 15.8 Å². The first kappa shape index (κ1) is 20.5. The topological polar surface area (TPSA) is 89.2 Å². The van der Waals surface area contributed by atoms with Crippen LogP contribution in [0.4, 0.5) is 11.4 Å². The summed E-state index contributed by atoms with van der Waals surface area (Å²) in [4.78, 5) is 36.9. The molecule has 2 aliphatic rings. The van der Waals surface area contributed by atoms with E-state index in [1.165, 1.54) is 12.1 Å². The summed E-state index contributed by atoms with van der Waals surface area (Å²) in [5.41, 5.74) is 1.89. The van der Waals surface area contributed by atoms with Gasteiger partial charge in [-0.2, -0.15) is 0 Å². The van der Waals surface area contributed by atoms with Crippen LogP contribution in [0.5, 0.6) is 0 Å². The summed E-state index contributed by atoms with van der Waals surface area (Å²) in [5, 5.41) is 11.3. The van der Waals surface area contributed by atoms with Gasteiger partial charge in [-0.25, -0.2) is 9.97 Å². The molecule has 1 heterocycles. The molecule has 0 spiro atoms. The van der Waals surface area contributed by atoms with Gasteiger partial charge in [-0.1, -0.05) is 39.0 Å². The smallest absolute Gasteiger partial charge is 0.271 e. The second kappa shape index (κ2) is 6.58. The van der Waals surface area contributed by atoms with E-state index in [1.807, 2.05) is 42.2 Å². The third-order valence-corrected chi connectivity index (χ3v) is 8.23. The van der Waals surface area contributed by atoms with Crippen LogP contribution >= 0.6 is 0 Å². The summed E-state index contributed by atoms with van der Waals surface area (Å²) in [6.07, 6.45) is 1.53. The van der Waals surface area contributed by atoms with Crippen molar-refractivity contribution in [2.24, 2.45) is 5.41 Å². The molecule has 1 aromatic heterocycles. The van der Waals surface area contributed by atoms with E-state index in [0.717, 1.165) is 17.8 Å². The molecule has 3 aromatic rings. The van der Waals surface area contributed by atoms with Crippen molar-refractivity contribution in [3.63, 3.8) is 0 Å². The number of anilines is 1. The standard InChI is InChI=1S/C25H26N4O3/c1-5-28(16-9-7-6-8-10-16)22(30)25-14-13-24(4,23(25,2)3)20-21(25)27-19-15-17(29(31)32)11-12-18(19)26-20/h6-12,15H,5,13-14H2,1-4H3. The maximum absolute atomic E-state index is 14.3. The summed E-state index contributed by atoms with van der Waals surface area (Å²) in [6, 6.07) is 14.3. The van der Waals surface area contributed by atoms with Gasteiger partial charge in [0, 0.05) is 29.8 Å². The number of amides is 1. The molecule has 2 atom stereocenters. The molecule has 7 nitrogen and oxygen atoms in total. The van der Waals surface area contributed by atoms with E-state index in [2.05, 4.69) is 20.8 Å². The first-order chi connectivity index (χ1) is 15.2. The number of aromatic nitrogens is 2. The maximum atomic E-state index is 14.3. The highest BCUT2D eigenvalue weighted by molar-refractivity contribution is 6.03. The lowest BCUT2D eigenvalue weighted by atomic mass is 9.63. The molecule has 2 aliphatic carbocycles. The van der Waals surface area contributed by atoms with Gasteiger partial charge < -0.3 is 4.90 Å². The van der Waals surface area contributed by atoms with E-state index in [0.29, 0.717) is 29.7 Å². The number of benzene rings is 2. The van der Waals surface area contributed by atoms with Gasteiger partial charge in [0.05, 0.1) is 32.8 Å². The van der Waals surface area contributed by atoms with Gasteiger partial charge in [-0.3, -0.25) is 14.9 Å². The second-order valence-corrected chi connectivity index (χ2v) is 9.60. The largest absolute Gasteiger partial charge is 0.312 e. The van der Waals surface area contributed by atoms with Crippen molar-refractivity contribution in [3.05, 3.63) is 70.0 Å². The molecule has 1 fully saturated rings. The monoisotopic (exact) mass is 430 g/mol. The predicted molar refractivity (Wildman–Crippen MR) is 123 cm³/mol. The van der Waals surface area contributed by atoms with Crippen molar-refractivity contribution in [1.29, 1.82) is 0 Å². The van der Waals surface area contributed by atoms with Gasteiger partial charge in [-0.15, -0.1) is 0 Å². The summed E-state index contributed by atoms with van der Waals surface area (Å²) in [5.74, 6) is 0.0257. The SMILES string of the molecule is CCN(C(=O)C12CCC(C)(c3nc4ccc([N+](=O)[O-])cc4nc31)C2(C)C)c1ccccc1. The van der Waals surface area contributed by atoms with Crippen LogP contribution in [0.15, 0.2) is 48.5 Å². The molecule has 2 bridgehead atoms. The average Bonchev–Trinajstić information content (AvgIpc) is 3.08. The number of non-ortho nitro benzene ring substituents is 1. The van der Waals surface area contributed by atoms with Crippen LogP contribution < -0.4 is 4.90 Å². The number of fused-ring (bicyclic) bond motifs is 6. The second-order valence-electron chi connectivity index (χ2n) is 9.60. The molecule has 1 saturated carbocycles. The molecule has 32 heavy (non-hydrogen) atoms. The summed E-state index contributed by atoms with van der Waals surface area (Å²) in [6.45, 7) is 8.99. The van der Waals surface area contributed by atoms with E-state index in [-0.39, 0.29) is 17.0 Å². The van der Waals surface area contributed by atoms with Crippen LogP contribution in [0.1, 0.15) is 51.9 Å². The normalized spacial score (nSPS) is 25.0. The Morgan fingerprint density at radius 3 is 2.38 bits per heavy atom. The summed E-state index contributed by atoms with van der Waals surface area (Å²) >= 11 is 0. The molecule has 7 heteroatoms. The lowest BCUT2D eigenvalue weighted by molar-refractivity contribution is -0.384. The third kappa shape index (κ3) is 2.34. The first-order valence-electron chi connectivity index (χ1n) is 11.0. The van der Waals surface area contributed by atoms with Crippen LogP contribution in [-0.2, 0) is 15.6 Å². The van der Waals surface area contributed by atoms with Gasteiger partial charge >= 0.3 is 0 Å². The lowest BCUT2D eigenvalue weighted by Crippen LogP contribution is -2.53. The van der Waals surface area contributed by atoms with Crippen LogP contribution in [0.3, 0.4) is 0 Å². The molecular weight excluding hydrogens is 404 g/mol. The third-order valence-electron chi connectivity index (χ3n) is 8.23. The molecule has 0 radical (unpaired) electrons. The zero-order chi connectivity index (χ0) is 22.9. The minimum atomic E-state index is -0.839. The Labute approximate surface area is 186 Å². The minimum Gasteiger partial charge on any atom is -0.312 e. The van der Waals surface area contributed by atoms with E-state index in [9.17, 15) is 14.9 Å². The van der Waals surface area contributed by atoms with E-state index in [1.54, 1.807) is 6.07 Å². The number of nitro benzene ring substituents is 1. The Morgan fingerprint density at radius 2 is 1.72 bits per heavy atom. The van der Waals surface area contributed by atoms with Crippen molar-refractivity contribution in [3.8, 4) is 0 Å². The molecule has 5 rings (SSSR count). The predicted octanol–water partition coefficient (Wildman–Crippen LogP) is 4.92. The van der Waals surface area contributed by atoms with Crippen molar-refractivity contribution in [2.75, 3.05) is 11.4 Å². The molecule has 0 aliphatic heterocycles. The van der Waals surface area contributed by atoms with Gasteiger partial charge in [0.15, 0.2) is 0 Å². The van der Waals surface area contributed by atoms with Gasteiger partial charge in [-0.05, 0) is 43.4 Å². The van der Waals surface area contributed by atoms with Crippen molar-refractivity contribution in [2.45, 2.75) is 51.4 Å². The fourth-order valence-corrected chi connectivity index (χ4v) is 5.96. The Bertz CT molecular complexity index is 1270. The Morgan fingerprint density at radius 1 is 1.03 bits per heavy atom. The van der Waals surface area contributed by atoms with Gasteiger partial charge in [0.1, 0.15) is 0 Å². The minimum absolute atomic E-state index is 0.0257. The quantitative estimate of drug-likeness (QED) is 0.433. The van der Waals surface area contributed by atoms with E-state index >= 15 is 0 Å². The lowest BCUT2D eigenvalue weighted by Gasteiger charge is -2.42. The van der Waals surface area contributed by atoms with Crippen molar-refractivity contribution < 1.29 is 9.72 Å². The highest BCUT2D eigenvalue weighted by Gasteiger charge is 2.73. The molecule has 1 amide bonds. The Balaban J connectivity index is 1.76. The van der Waals surface area contributed by atoms with Crippen molar-refractivity contribution >= 4 is 28.3 Å². The highest BCUT2D eigenvalue weighted by Crippen LogP contribution is 2.70. The van der Waals surface area contributed by atoms with Crippen LogP contribution in [0, 0.1) is 15.5 Å². The van der Waals surface area contributed by atoms with Crippen LogP contribution in [-0.4, -0.2) is 27.3 Å². The summed E-state index contributed by atoms with van der Waals surface area (Å²) < 4.78 is 0. The number of likely N-dealkylation sites (N-methyl/N-ethyl adjacent to an activating group) is 1. The Kier molecular flexibility index (Phi) is 4.22. The zero-order valence-electron chi connectivity index (χ0n) is 18.8. The van der Waals surface area contributed by atoms with Gasteiger partial charge in [0.2, 0.25) is 5.91 Å². The number of nitro groups is 1. The summed E-state index contributed by atoms with van der Waals surface area (Å²) in [7, 11) is 0. The molecular formula is C25H26N4O3. The van der Waals surface area contributed by atoms with Gasteiger partial charge in [0.25, 0.3) is 5.69 Å². The number of carbonyl (C=O) groups is 1. The molecule has 164 valence electrons. The molecule has 0 saturated heterocycles.